The number of carboxylic acid groups (broad SMARTS) is 1. The van der Waals surface area contributed by atoms with E-state index in [2.05, 4.69) is 20.6 Å². The van der Waals surface area contributed by atoms with Crippen LogP contribution in [0.15, 0.2) is 64.4 Å². The second kappa shape index (κ2) is 11.0. The molecule has 5 rings (SSSR count). The highest BCUT2D eigenvalue weighted by molar-refractivity contribution is 5.97. The molecule has 0 bridgehead atoms. The Kier molecular flexibility index (Phi) is 7.30. The molecule has 1 aromatic heterocycles. The van der Waals surface area contributed by atoms with Gasteiger partial charge in [0.1, 0.15) is 29.1 Å². The van der Waals surface area contributed by atoms with Crippen molar-refractivity contribution in [2.24, 2.45) is 0 Å². The van der Waals surface area contributed by atoms with Gasteiger partial charge in [-0.25, -0.2) is 14.8 Å². The molecule has 12 nitrogen and oxygen atoms in total. The van der Waals surface area contributed by atoms with Gasteiger partial charge in [0.05, 0.1) is 11.6 Å². The number of benzene rings is 2. The lowest BCUT2D eigenvalue weighted by molar-refractivity contribution is 0.0696. The smallest absolute Gasteiger partial charge is 0.335 e. The van der Waals surface area contributed by atoms with Crippen LogP contribution in [0.2, 0.25) is 0 Å². The fraction of sp³-hybridized carbons (Fsp3) is 0.207. The number of nitrogens with two attached hydrogens (primary N) is 1. The van der Waals surface area contributed by atoms with Crippen LogP contribution in [0.25, 0.3) is 0 Å². The standard InChI is InChI=1S/C29H26N6O6/c1-15(17-4-6-19(7-5-17)29(40)41)34-28(39)22-11-21(32-14-33-22)27(38)31-12-16-2-3-18-8-9-35(13-20(18)10-16)24-23(30)25(36)26(24)37/h2-7,10-11,14-15H,8-9,12-13,30H2,1H3,(H,31,38)(H,34,39)(H,40,41)/t15-/m0/s1. The van der Waals surface area contributed by atoms with Gasteiger partial charge in [-0.1, -0.05) is 30.3 Å². The van der Waals surface area contributed by atoms with Crippen molar-refractivity contribution in [2.45, 2.75) is 32.5 Å². The average molecular weight is 555 g/mol. The summed E-state index contributed by atoms with van der Waals surface area (Å²) in [6, 6.07) is 12.8. The van der Waals surface area contributed by atoms with Crippen LogP contribution < -0.4 is 32.1 Å². The number of nitrogens with zero attached hydrogens (tertiary/aromatic N) is 3. The highest BCUT2D eigenvalue weighted by Gasteiger charge is 2.27. The maximum Gasteiger partial charge on any atom is 0.335 e. The van der Waals surface area contributed by atoms with Crippen LogP contribution in [0.1, 0.15) is 66.6 Å². The van der Waals surface area contributed by atoms with E-state index < -0.39 is 34.7 Å². The van der Waals surface area contributed by atoms with Crippen LogP contribution in [0.3, 0.4) is 0 Å². The lowest BCUT2D eigenvalue weighted by Gasteiger charge is -2.32. The lowest BCUT2D eigenvalue weighted by Crippen LogP contribution is -2.44. The molecule has 2 amide bonds. The summed E-state index contributed by atoms with van der Waals surface area (Å²) >= 11 is 0. The molecule has 0 fully saturated rings. The largest absolute Gasteiger partial charge is 0.478 e. The minimum Gasteiger partial charge on any atom is -0.478 e. The molecule has 1 aliphatic heterocycles. The second-order valence-corrected chi connectivity index (χ2v) is 9.79. The zero-order chi connectivity index (χ0) is 29.3. The van der Waals surface area contributed by atoms with Gasteiger partial charge in [0.15, 0.2) is 0 Å². The molecule has 4 aromatic rings. The predicted octanol–water partition coefficient (Wildman–Crippen LogP) is 1.34. The molecule has 3 aromatic carbocycles. The predicted molar refractivity (Wildman–Crippen MR) is 149 cm³/mol. The Hall–Kier alpha value is -5.39. The number of anilines is 2. The van der Waals surface area contributed by atoms with Gasteiger partial charge in [-0.3, -0.25) is 19.2 Å². The Morgan fingerprint density at radius 3 is 2.37 bits per heavy atom. The number of carbonyl (C=O) groups excluding carboxylic acids is 2. The summed E-state index contributed by atoms with van der Waals surface area (Å²) in [5, 5.41) is 14.6. The molecular formula is C29H26N6O6. The van der Waals surface area contributed by atoms with Gasteiger partial charge in [-0.2, -0.15) is 0 Å². The van der Waals surface area contributed by atoms with Crippen LogP contribution in [0.4, 0.5) is 11.4 Å². The Morgan fingerprint density at radius 1 is 0.976 bits per heavy atom. The topological polar surface area (TPSA) is 185 Å². The molecule has 208 valence electrons. The van der Waals surface area contributed by atoms with Crippen molar-refractivity contribution >= 4 is 29.2 Å². The first-order chi connectivity index (χ1) is 19.6. The first-order valence-corrected chi connectivity index (χ1v) is 12.8. The fourth-order valence-corrected chi connectivity index (χ4v) is 4.77. The normalized spacial score (nSPS) is 13.3. The van der Waals surface area contributed by atoms with E-state index in [9.17, 15) is 24.0 Å². The molecule has 0 spiro atoms. The average Bonchev–Trinajstić information content (AvgIpc) is 2.99. The summed E-state index contributed by atoms with van der Waals surface area (Å²) in [7, 11) is 0. The van der Waals surface area contributed by atoms with Crippen molar-refractivity contribution in [1.82, 2.24) is 20.6 Å². The van der Waals surface area contributed by atoms with Gasteiger partial charge in [-0.05, 0) is 47.7 Å². The maximum atomic E-state index is 12.8. The zero-order valence-corrected chi connectivity index (χ0v) is 22.0. The number of hydrogen-bond acceptors (Lipinski definition) is 9. The maximum absolute atomic E-state index is 12.8. The van der Waals surface area contributed by atoms with Crippen LogP contribution in [0, 0.1) is 0 Å². The van der Waals surface area contributed by atoms with Gasteiger partial charge in [0, 0.05) is 25.7 Å². The number of fused-ring (bicyclic) bond motifs is 1. The van der Waals surface area contributed by atoms with Gasteiger partial charge in [-0.15, -0.1) is 0 Å². The van der Waals surface area contributed by atoms with Crippen LogP contribution in [-0.2, 0) is 19.5 Å². The third-order valence-corrected chi connectivity index (χ3v) is 7.11. The van der Waals surface area contributed by atoms with E-state index in [-0.39, 0.29) is 34.9 Å². The molecule has 0 radical (unpaired) electrons. The molecule has 1 aliphatic rings. The monoisotopic (exact) mass is 554 g/mol. The summed E-state index contributed by atoms with van der Waals surface area (Å²) < 4.78 is 0. The minimum absolute atomic E-state index is 0.00335. The summed E-state index contributed by atoms with van der Waals surface area (Å²) in [6.07, 6.45) is 1.83. The molecular weight excluding hydrogens is 528 g/mol. The van der Waals surface area contributed by atoms with Crippen LogP contribution in [-0.4, -0.2) is 39.4 Å². The van der Waals surface area contributed by atoms with E-state index in [4.69, 9.17) is 10.8 Å². The zero-order valence-electron chi connectivity index (χ0n) is 22.0. The summed E-state index contributed by atoms with van der Waals surface area (Å²) in [4.78, 5) is 69.9. The second-order valence-electron chi connectivity index (χ2n) is 9.79. The Morgan fingerprint density at radius 2 is 1.68 bits per heavy atom. The number of carbonyl (C=O) groups is 3. The summed E-state index contributed by atoms with van der Waals surface area (Å²) in [5.41, 5.74) is 8.59. The number of nitrogen functional groups attached to an aromatic ring is 1. The molecule has 0 aliphatic carbocycles. The SMILES string of the molecule is C[C@H](NC(=O)c1cc(C(=O)NCc2ccc3c(c2)CN(c2c(N)c(=O)c2=O)CC3)ncn1)c1ccc(C(=O)O)cc1. The van der Waals surface area contributed by atoms with Crippen LogP contribution in [0.5, 0.6) is 0 Å². The first kappa shape index (κ1) is 27.2. The van der Waals surface area contributed by atoms with Crippen molar-refractivity contribution in [1.29, 1.82) is 0 Å². The first-order valence-electron chi connectivity index (χ1n) is 12.8. The number of hydrogen-bond donors (Lipinski definition) is 4. The highest BCUT2D eigenvalue weighted by Crippen LogP contribution is 2.26. The quantitative estimate of drug-likeness (QED) is 0.232. The molecule has 12 heteroatoms. The number of aromatic carboxylic acids is 1. The van der Waals surface area contributed by atoms with Gasteiger partial charge >= 0.3 is 5.97 Å². The molecule has 0 unspecified atom stereocenters. The van der Waals surface area contributed by atoms with Crippen molar-refractivity contribution in [3.63, 3.8) is 0 Å². The van der Waals surface area contributed by atoms with E-state index >= 15 is 0 Å². The van der Waals surface area contributed by atoms with Gasteiger partial charge < -0.3 is 26.4 Å². The molecule has 5 N–H and O–H groups in total. The number of carboxylic acids is 1. The fourth-order valence-electron chi connectivity index (χ4n) is 4.77. The molecule has 1 atom stereocenters. The number of rotatable bonds is 8. The van der Waals surface area contributed by atoms with E-state index in [0.717, 1.165) is 23.0 Å². The van der Waals surface area contributed by atoms with E-state index in [1.54, 1.807) is 19.1 Å². The Labute approximate surface area is 233 Å². The van der Waals surface area contributed by atoms with E-state index in [1.807, 2.05) is 23.1 Å². The van der Waals surface area contributed by atoms with Crippen LogP contribution >= 0.6 is 0 Å². The molecule has 0 saturated heterocycles. The van der Waals surface area contributed by atoms with Gasteiger partial charge in [0.25, 0.3) is 22.7 Å². The van der Waals surface area contributed by atoms with Crippen molar-refractivity contribution in [3.8, 4) is 0 Å². The summed E-state index contributed by atoms with van der Waals surface area (Å²) in [6.45, 7) is 2.95. The summed E-state index contributed by atoms with van der Waals surface area (Å²) in [5.74, 6) is -2.05. The molecule has 2 heterocycles. The Bertz CT molecular complexity index is 1740. The number of amides is 2. The van der Waals surface area contributed by atoms with Crippen molar-refractivity contribution < 1.29 is 19.5 Å². The van der Waals surface area contributed by atoms with Crippen molar-refractivity contribution in [3.05, 3.63) is 115 Å². The third kappa shape index (κ3) is 5.53. The van der Waals surface area contributed by atoms with E-state index in [0.29, 0.717) is 25.1 Å². The van der Waals surface area contributed by atoms with E-state index in [1.165, 1.54) is 18.2 Å². The number of nitrogens with one attached hydrogen (secondary N) is 2. The highest BCUT2D eigenvalue weighted by atomic mass is 16.4. The lowest BCUT2D eigenvalue weighted by atomic mass is 9.96. The molecule has 41 heavy (non-hydrogen) atoms. The molecule has 0 saturated carbocycles. The third-order valence-electron chi connectivity index (χ3n) is 7.11. The minimum atomic E-state index is -1.04. The number of aromatic nitrogens is 2. The Balaban J connectivity index is 1.20. The van der Waals surface area contributed by atoms with Gasteiger partial charge in [0.2, 0.25) is 0 Å². The van der Waals surface area contributed by atoms with Crippen molar-refractivity contribution in [2.75, 3.05) is 17.2 Å².